The van der Waals surface area contributed by atoms with Gasteiger partial charge in [0.15, 0.2) is 15.7 Å². The van der Waals surface area contributed by atoms with Crippen molar-refractivity contribution in [3.63, 3.8) is 0 Å². The molecule has 0 radical (unpaired) electrons. The fraction of sp³-hybridized carbons (Fsp3) is 0.714. The maximum Gasteiger partial charge on any atom is 0.227 e. The third-order valence-corrected chi connectivity index (χ3v) is 2.27. The van der Waals surface area contributed by atoms with Crippen LogP contribution >= 0.6 is 0 Å². The molecular formula is C7H13N3O3S. The molecule has 0 fully saturated rings. The van der Waals surface area contributed by atoms with Crippen LogP contribution in [0.25, 0.3) is 0 Å². The molecule has 0 spiro atoms. The predicted octanol–water partition coefficient (Wildman–Crippen LogP) is -0.624. The molecule has 0 bridgehead atoms. The topological polar surface area (TPSA) is 85.1 Å². The standard InChI is InChI=1S/C7H13N3O3S/c1-8-4-3-7-9-6(10-13-7)5-14(2,11)12/h8H,3-5H2,1-2H3. The molecule has 1 aromatic rings. The van der Waals surface area contributed by atoms with E-state index in [1.807, 2.05) is 7.05 Å². The molecule has 0 saturated carbocycles. The minimum absolute atomic E-state index is 0.171. The SMILES string of the molecule is CNCCc1nc(CS(C)(=O)=O)no1. The van der Waals surface area contributed by atoms with Gasteiger partial charge >= 0.3 is 0 Å². The van der Waals surface area contributed by atoms with E-state index in [1.165, 1.54) is 0 Å². The number of nitrogens with zero attached hydrogens (tertiary/aromatic N) is 2. The number of hydrogen-bond acceptors (Lipinski definition) is 6. The summed E-state index contributed by atoms with van der Waals surface area (Å²) in [6.07, 6.45) is 1.74. The molecule has 0 aliphatic carbocycles. The van der Waals surface area contributed by atoms with Gasteiger partial charge in [-0.15, -0.1) is 0 Å². The molecule has 14 heavy (non-hydrogen) atoms. The lowest BCUT2D eigenvalue weighted by atomic mass is 10.4. The first kappa shape index (κ1) is 11.1. The van der Waals surface area contributed by atoms with Crippen LogP contribution in [-0.2, 0) is 22.0 Å². The Hall–Kier alpha value is -0.950. The first-order valence-electron chi connectivity index (χ1n) is 4.15. The van der Waals surface area contributed by atoms with Crippen molar-refractivity contribution in [2.75, 3.05) is 19.8 Å². The van der Waals surface area contributed by atoms with Crippen LogP contribution in [0, 0.1) is 0 Å². The van der Waals surface area contributed by atoms with Crippen LogP contribution in [-0.4, -0.2) is 38.4 Å². The second-order valence-electron chi connectivity index (χ2n) is 3.03. The fourth-order valence-corrected chi connectivity index (χ4v) is 1.50. The second kappa shape index (κ2) is 4.52. The van der Waals surface area contributed by atoms with E-state index in [1.54, 1.807) is 0 Å². The number of sulfone groups is 1. The van der Waals surface area contributed by atoms with Crippen molar-refractivity contribution >= 4 is 9.84 Å². The van der Waals surface area contributed by atoms with Crippen LogP contribution < -0.4 is 5.32 Å². The van der Waals surface area contributed by atoms with Crippen molar-refractivity contribution < 1.29 is 12.9 Å². The summed E-state index contributed by atoms with van der Waals surface area (Å²) in [5.41, 5.74) is 0. The van der Waals surface area contributed by atoms with Crippen molar-refractivity contribution in [3.8, 4) is 0 Å². The highest BCUT2D eigenvalue weighted by Gasteiger charge is 2.11. The van der Waals surface area contributed by atoms with E-state index in [4.69, 9.17) is 4.52 Å². The first-order valence-corrected chi connectivity index (χ1v) is 6.21. The monoisotopic (exact) mass is 219 g/mol. The van der Waals surface area contributed by atoms with E-state index >= 15 is 0 Å². The number of nitrogens with one attached hydrogen (secondary N) is 1. The molecule has 6 nitrogen and oxygen atoms in total. The molecule has 0 aliphatic heterocycles. The lowest BCUT2D eigenvalue weighted by molar-refractivity contribution is 0.373. The van der Waals surface area contributed by atoms with Crippen LogP contribution in [0.1, 0.15) is 11.7 Å². The largest absolute Gasteiger partial charge is 0.339 e. The van der Waals surface area contributed by atoms with Gasteiger partial charge in [0.25, 0.3) is 0 Å². The van der Waals surface area contributed by atoms with Crippen LogP contribution in [0.5, 0.6) is 0 Å². The smallest absolute Gasteiger partial charge is 0.227 e. The van der Waals surface area contributed by atoms with Crippen molar-refractivity contribution in [3.05, 3.63) is 11.7 Å². The van der Waals surface area contributed by atoms with E-state index in [-0.39, 0.29) is 11.6 Å². The Kier molecular flexibility index (Phi) is 3.59. The molecule has 0 unspecified atom stereocenters. The van der Waals surface area contributed by atoms with Gasteiger partial charge in [0, 0.05) is 19.2 Å². The highest BCUT2D eigenvalue weighted by atomic mass is 32.2. The zero-order chi connectivity index (χ0) is 10.6. The van der Waals surface area contributed by atoms with Gasteiger partial charge in [0.2, 0.25) is 5.89 Å². The van der Waals surface area contributed by atoms with Gasteiger partial charge in [0.05, 0.1) is 0 Å². The van der Waals surface area contributed by atoms with Crippen molar-refractivity contribution in [2.24, 2.45) is 0 Å². The minimum atomic E-state index is -3.08. The predicted molar refractivity (Wildman–Crippen MR) is 50.5 cm³/mol. The van der Waals surface area contributed by atoms with Crippen LogP contribution in [0.3, 0.4) is 0 Å². The summed E-state index contributed by atoms with van der Waals surface area (Å²) < 4.78 is 26.6. The van der Waals surface area contributed by atoms with E-state index in [0.717, 1.165) is 12.8 Å². The molecule has 1 rings (SSSR count). The van der Waals surface area contributed by atoms with Crippen LogP contribution in [0.4, 0.5) is 0 Å². The van der Waals surface area contributed by atoms with E-state index in [0.29, 0.717) is 12.3 Å². The Balaban J connectivity index is 2.59. The first-order chi connectivity index (χ1) is 6.51. The zero-order valence-corrected chi connectivity index (χ0v) is 8.97. The maximum absolute atomic E-state index is 10.9. The third kappa shape index (κ3) is 3.84. The zero-order valence-electron chi connectivity index (χ0n) is 8.15. The third-order valence-electron chi connectivity index (χ3n) is 1.49. The quantitative estimate of drug-likeness (QED) is 0.710. The van der Waals surface area contributed by atoms with Gasteiger partial charge in [-0.3, -0.25) is 0 Å². The number of aromatic nitrogens is 2. The molecule has 1 aromatic heterocycles. The molecule has 0 aliphatic rings. The molecule has 0 aromatic carbocycles. The average molecular weight is 219 g/mol. The van der Waals surface area contributed by atoms with Gasteiger partial charge in [-0.1, -0.05) is 5.16 Å². The second-order valence-corrected chi connectivity index (χ2v) is 5.17. The van der Waals surface area contributed by atoms with E-state index in [2.05, 4.69) is 15.5 Å². The van der Waals surface area contributed by atoms with E-state index < -0.39 is 9.84 Å². The Morgan fingerprint density at radius 2 is 2.21 bits per heavy atom. The van der Waals surface area contributed by atoms with E-state index in [9.17, 15) is 8.42 Å². The van der Waals surface area contributed by atoms with Crippen LogP contribution in [0.15, 0.2) is 4.52 Å². The molecule has 0 amide bonds. The summed E-state index contributed by atoms with van der Waals surface area (Å²) in [6, 6.07) is 0. The van der Waals surface area contributed by atoms with Crippen molar-refractivity contribution in [1.29, 1.82) is 0 Å². The normalized spacial score (nSPS) is 11.9. The summed E-state index contributed by atoms with van der Waals surface area (Å²) in [5.74, 6) is 0.507. The van der Waals surface area contributed by atoms with Gasteiger partial charge in [0.1, 0.15) is 5.75 Å². The fourth-order valence-electron chi connectivity index (χ4n) is 0.917. The average Bonchev–Trinajstić information content (AvgIpc) is 2.46. The number of hydrogen-bond donors (Lipinski definition) is 1. The molecule has 0 atom stereocenters. The Labute approximate surface area is 82.6 Å². The van der Waals surface area contributed by atoms with Gasteiger partial charge in [-0.05, 0) is 7.05 Å². The van der Waals surface area contributed by atoms with Gasteiger partial charge in [-0.2, -0.15) is 4.98 Å². The summed E-state index contributed by atoms with van der Waals surface area (Å²) in [4.78, 5) is 3.94. The highest BCUT2D eigenvalue weighted by Crippen LogP contribution is 2.01. The lowest BCUT2D eigenvalue weighted by Gasteiger charge is -1.91. The number of rotatable bonds is 5. The Morgan fingerprint density at radius 3 is 2.79 bits per heavy atom. The van der Waals surface area contributed by atoms with Crippen molar-refractivity contribution in [1.82, 2.24) is 15.5 Å². The highest BCUT2D eigenvalue weighted by molar-refractivity contribution is 7.89. The minimum Gasteiger partial charge on any atom is -0.339 e. The summed E-state index contributed by atoms with van der Waals surface area (Å²) in [6.45, 7) is 0.723. The molecule has 1 heterocycles. The lowest BCUT2D eigenvalue weighted by Crippen LogP contribution is -2.10. The summed E-state index contributed by atoms with van der Waals surface area (Å²) in [7, 11) is -1.27. The van der Waals surface area contributed by atoms with Crippen LogP contribution in [0.2, 0.25) is 0 Å². The summed E-state index contributed by atoms with van der Waals surface area (Å²) in [5, 5.41) is 6.49. The Bertz CT molecular complexity index is 385. The molecule has 0 saturated heterocycles. The van der Waals surface area contributed by atoms with Crippen molar-refractivity contribution in [2.45, 2.75) is 12.2 Å². The molecular weight excluding hydrogens is 206 g/mol. The maximum atomic E-state index is 10.9. The van der Waals surface area contributed by atoms with Gasteiger partial charge in [-0.25, -0.2) is 8.42 Å². The Morgan fingerprint density at radius 1 is 1.50 bits per heavy atom. The number of likely N-dealkylation sites (N-methyl/N-ethyl adjacent to an activating group) is 1. The van der Waals surface area contributed by atoms with Gasteiger partial charge < -0.3 is 9.84 Å². The summed E-state index contributed by atoms with van der Waals surface area (Å²) >= 11 is 0. The molecule has 7 heteroatoms. The molecule has 80 valence electrons. The molecule has 1 N–H and O–H groups in total.